The molecule has 30 heavy (non-hydrogen) atoms. The lowest BCUT2D eigenvalue weighted by Crippen LogP contribution is -2.07. The Morgan fingerprint density at radius 1 is 0.933 bits per heavy atom. The zero-order valence-electron chi connectivity index (χ0n) is 16.7. The standard InChI is InChI=1S/C25H21BrO4/c1-3-29-23-13-11-21(26)16-19(23)10-14-24(27)30-22-12-9-20(15-17(22)2)25(28)18-7-5-4-6-8-18/h4-16H,3H2,1-2H3/b14-10+. The minimum absolute atomic E-state index is 0.0745. The zero-order valence-corrected chi connectivity index (χ0v) is 18.3. The van der Waals surface area contributed by atoms with Gasteiger partial charge in [0, 0.05) is 27.2 Å². The van der Waals surface area contributed by atoms with Gasteiger partial charge < -0.3 is 9.47 Å². The van der Waals surface area contributed by atoms with Gasteiger partial charge in [-0.25, -0.2) is 4.79 Å². The summed E-state index contributed by atoms with van der Waals surface area (Å²) >= 11 is 3.42. The number of rotatable bonds is 7. The number of esters is 1. The van der Waals surface area contributed by atoms with Crippen molar-refractivity contribution in [3.05, 3.63) is 99.5 Å². The number of carbonyl (C=O) groups excluding carboxylic acids is 2. The molecule has 0 N–H and O–H groups in total. The summed E-state index contributed by atoms with van der Waals surface area (Å²) in [6.07, 6.45) is 3.01. The summed E-state index contributed by atoms with van der Waals surface area (Å²) < 4.78 is 11.9. The molecule has 4 nitrogen and oxygen atoms in total. The van der Waals surface area contributed by atoms with E-state index < -0.39 is 5.97 Å². The third-order valence-corrected chi connectivity index (χ3v) is 4.85. The number of aryl methyl sites for hydroxylation is 1. The van der Waals surface area contributed by atoms with E-state index in [0.717, 1.165) is 10.0 Å². The monoisotopic (exact) mass is 464 g/mol. The summed E-state index contributed by atoms with van der Waals surface area (Å²) in [5.74, 6) is 0.510. The largest absolute Gasteiger partial charge is 0.493 e. The summed E-state index contributed by atoms with van der Waals surface area (Å²) in [5, 5.41) is 0. The quantitative estimate of drug-likeness (QED) is 0.186. The van der Waals surface area contributed by atoms with Crippen molar-refractivity contribution in [2.24, 2.45) is 0 Å². The molecule has 0 saturated heterocycles. The maximum atomic E-state index is 12.6. The fourth-order valence-corrected chi connectivity index (χ4v) is 3.28. The molecule has 3 aromatic carbocycles. The maximum absolute atomic E-state index is 12.6. The Balaban J connectivity index is 1.72. The summed E-state index contributed by atoms with van der Waals surface area (Å²) in [6.45, 7) is 4.23. The molecule has 0 aromatic heterocycles. The van der Waals surface area contributed by atoms with Gasteiger partial charge in [-0.2, -0.15) is 0 Å². The molecule has 0 unspecified atom stereocenters. The molecule has 0 aliphatic carbocycles. The van der Waals surface area contributed by atoms with Crippen LogP contribution < -0.4 is 9.47 Å². The first kappa shape index (κ1) is 21.5. The number of hydrogen-bond acceptors (Lipinski definition) is 4. The lowest BCUT2D eigenvalue weighted by atomic mass is 10.0. The number of ether oxygens (including phenoxy) is 2. The Bertz CT molecular complexity index is 1090. The second-order valence-electron chi connectivity index (χ2n) is 6.55. The van der Waals surface area contributed by atoms with Crippen LogP contribution >= 0.6 is 15.9 Å². The summed E-state index contributed by atoms with van der Waals surface area (Å²) in [5.41, 5.74) is 2.63. The molecule has 3 rings (SSSR count). The van der Waals surface area contributed by atoms with Gasteiger partial charge in [0.1, 0.15) is 11.5 Å². The van der Waals surface area contributed by atoms with E-state index in [1.807, 2.05) is 43.3 Å². The Morgan fingerprint density at radius 3 is 2.37 bits per heavy atom. The molecular weight excluding hydrogens is 444 g/mol. The Hall–Kier alpha value is -3.18. The highest BCUT2D eigenvalue weighted by molar-refractivity contribution is 9.10. The van der Waals surface area contributed by atoms with Crippen LogP contribution in [0.25, 0.3) is 6.08 Å². The van der Waals surface area contributed by atoms with Crippen LogP contribution in [0, 0.1) is 6.92 Å². The van der Waals surface area contributed by atoms with Crippen LogP contribution in [0.15, 0.2) is 77.3 Å². The van der Waals surface area contributed by atoms with Crippen molar-refractivity contribution in [3.8, 4) is 11.5 Å². The summed E-state index contributed by atoms with van der Waals surface area (Å²) in [4.78, 5) is 24.9. The lowest BCUT2D eigenvalue weighted by Gasteiger charge is -2.09. The van der Waals surface area contributed by atoms with Crippen LogP contribution in [0.3, 0.4) is 0 Å². The zero-order chi connectivity index (χ0) is 21.5. The molecule has 0 atom stereocenters. The molecule has 0 fully saturated rings. The van der Waals surface area contributed by atoms with Gasteiger partial charge >= 0.3 is 5.97 Å². The van der Waals surface area contributed by atoms with Crippen molar-refractivity contribution >= 4 is 33.8 Å². The third-order valence-electron chi connectivity index (χ3n) is 4.35. The number of carbonyl (C=O) groups is 2. The molecule has 0 amide bonds. The fourth-order valence-electron chi connectivity index (χ4n) is 2.90. The second kappa shape index (κ2) is 10.0. The first-order chi connectivity index (χ1) is 14.5. The van der Waals surface area contributed by atoms with Crippen molar-refractivity contribution in [2.75, 3.05) is 6.61 Å². The topological polar surface area (TPSA) is 52.6 Å². The Morgan fingerprint density at radius 2 is 1.67 bits per heavy atom. The van der Waals surface area contributed by atoms with E-state index in [1.54, 1.807) is 43.3 Å². The Kier molecular flexibility index (Phi) is 7.20. The number of hydrogen-bond donors (Lipinski definition) is 0. The minimum atomic E-state index is -0.511. The van der Waals surface area contributed by atoms with E-state index >= 15 is 0 Å². The van der Waals surface area contributed by atoms with E-state index in [-0.39, 0.29) is 5.78 Å². The molecule has 0 aliphatic heterocycles. The fraction of sp³-hybridized carbons (Fsp3) is 0.120. The predicted octanol–water partition coefficient (Wildman–Crippen LogP) is 6.01. The van der Waals surface area contributed by atoms with Crippen molar-refractivity contribution in [1.82, 2.24) is 0 Å². The third kappa shape index (κ3) is 5.45. The van der Waals surface area contributed by atoms with Gasteiger partial charge in [-0.15, -0.1) is 0 Å². The van der Waals surface area contributed by atoms with Gasteiger partial charge in [0.25, 0.3) is 0 Å². The van der Waals surface area contributed by atoms with Gasteiger partial charge in [-0.1, -0.05) is 46.3 Å². The van der Waals surface area contributed by atoms with Gasteiger partial charge in [-0.3, -0.25) is 4.79 Å². The number of ketones is 1. The molecule has 0 spiro atoms. The molecule has 3 aromatic rings. The SMILES string of the molecule is CCOc1ccc(Br)cc1/C=C/C(=O)Oc1ccc(C(=O)c2ccccc2)cc1C. The van der Waals surface area contributed by atoms with Crippen LogP contribution in [-0.2, 0) is 4.79 Å². The van der Waals surface area contributed by atoms with Crippen molar-refractivity contribution in [1.29, 1.82) is 0 Å². The van der Waals surface area contributed by atoms with Gasteiger partial charge in [0.2, 0.25) is 0 Å². The van der Waals surface area contributed by atoms with Gasteiger partial charge in [0.05, 0.1) is 6.61 Å². The van der Waals surface area contributed by atoms with Crippen molar-refractivity contribution < 1.29 is 19.1 Å². The summed E-state index contributed by atoms with van der Waals surface area (Å²) in [7, 11) is 0. The highest BCUT2D eigenvalue weighted by atomic mass is 79.9. The Labute approximate surface area is 184 Å². The molecular formula is C25H21BrO4. The van der Waals surface area contributed by atoms with Crippen LogP contribution in [0.1, 0.15) is 34.0 Å². The molecule has 0 aliphatic rings. The van der Waals surface area contributed by atoms with Gasteiger partial charge in [0.15, 0.2) is 5.78 Å². The number of benzene rings is 3. The van der Waals surface area contributed by atoms with E-state index in [1.165, 1.54) is 6.08 Å². The van der Waals surface area contributed by atoms with Crippen LogP contribution in [-0.4, -0.2) is 18.4 Å². The smallest absolute Gasteiger partial charge is 0.336 e. The highest BCUT2D eigenvalue weighted by Gasteiger charge is 2.12. The highest BCUT2D eigenvalue weighted by Crippen LogP contribution is 2.25. The molecule has 0 radical (unpaired) electrons. The minimum Gasteiger partial charge on any atom is -0.493 e. The predicted molar refractivity (Wildman–Crippen MR) is 121 cm³/mol. The van der Waals surface area contributed by atoms with E-state index in [9.17, 15) is 9.59 Å². The van der Waals surface area contributed by atoms with Gasteiger partial charge in [-0.05, 0) is 61.9 Å². The van der Waals surface area contributed by atoms with Crippen LogP contribution in [0.4, 0.5) is 0 Å². The van der Waals surface area contributed by atoms with Crippen LogP contribution in [0.5, 0.6) is 11.5 Å². The maximum Gasteiger partial charge on any atom is 0.336 e. The van der Waals surface area contributed by atoms with E-state index in [0.29, 0.717) is 34.8 Å². The molecule has 5 heteroatoms. The normalized spacial score (nSPS) is 10.8. The van der Waals surface area contributed by atoms with Crippen molar-refractivity contribution in [3.63, 3.8) is 0 Å². The van der Waals surface area contributed by atoms with E-state index in [4.69, 9.17) is 9.47 Å². The average molecular weight is 465 g/mol. The molecule has 0 heterocycles. The van der Waals surface area contributed by atoms with Crippen molar-refractivity contribution in [2.45, 2.75) is 13.8 Å². The first-order valence-corrected chi connectivity index (χ1v) is 10.3. The molecule has 0 bridgehead atoms. The number of halogens is 1. The first-order valence-electron chi connectivity index (χ1n) is 9.50. The van der Waals surface area contributed by atoms with E-state index in [2.05, 4.69) is 15.9 Å². The van der Waals surface area contributed by atoms with Crippen LogP contribution in [0.2, 0.25) is 0 Å². The molecule has 0 saturated carbocycles. The lowest BCUT2D eigenvalue weighted by molar-refractivity contribution is -0.128. The summed E-state index contributed by atoms with van der Waals surface area (Å²) in [6, 6.07) is 19.7. The molecule has 152 valence electrons. The second-order valence-corrected chi connectivity index (χ2v) is 7.46. The average Bonchev–Trinajstić information content (AvgIpc) is 2.75.